The first kappa shape index (κ1) is 16.7. The van der Waals surface area contributed by atoms with Crippen LogP contribution in [-0.4, -0.2) is 18.3 Å². The Hall–Kier alpha value is -1.65. The fourth-order valence-corrected chi connectivity index (χ4v) is 2.77. The molecule has 5 heteroatoms. The highest BCUT2D eigenvalue weighted by Gasteiger charge is 2.13. The monoisotopic (exact) mass is 335 g/mol. The Bertz CT molecular complexity index is 614. The van der Waals surface area contributed by atoms with E-state index >= 15 is 0 Å². The average molecular weight is 336 g/mol. The molecule has 0 saturated heterocycles. The molecule has 116 valence electrons. The Balaban J connectivity index is 1.84. The Labute approximate surface area is 140 Å². The van der Waals surface area contributed by atoms with Crippen LogP contribution in [-0.2, 0) is 10.5 Å². The van der Waals surface area contributed by atoms with Crippen molar-refractivity contribution >= 4 is 35.0 Å². The lowest BCUT2D eigenvalue weighted by molar-refractivity contribution is -0.115. The van der Waals surface area contributed by atoms with E-state index < -0.39 is 0 Å². The highest BCUT2D eigenvalue weighted by atomic mass is 35.5. The number of hydrogen-bond donors (Lipinski definition) is 1. The lowest BCUT2D eigenvalue weighted by Gasteiger charge is -2.12. The van der Waals surface area contributed by atoms with Crippen molar-refractivity contribution in [1.82, 2.24) is 0 Å². The number of hydrogen-bond acceptors (Lipinski definition) is 3. The first-order valence-corrected chi connectivity index (χ1v) is 8.32. The van der Waals surface area contributed by atoms with Crippen molar-refractivity contribution < 1.29 is 9.53 Å². The highest BCUT2D eigenvalue weighted by Crippen LogP contribution is 2.21. The van der Waals surface area contributed by atoms with Gasteiger partial charge in [0, 0.05) is 16.5 Å². The summed E-state index contributed by atoms with van der Waals surface area (Å²) in [4.78, 5) is 12.2. The Morgan fingerprint density at radius 1 is 1.18 bits per heavy atom. The maximum absolute atomic E-state index is 12.2. The molecule has 1 atom stereocenters. The zero-order valence-corrected chi connectivity index (χ0v) is 14.1. The molecule has 0 aromatic heterocycles. The number of anilines is 1. The Morgan fingerprint density at radius 3 is 2.41 bits per heavy atom. The molecule has 0 bridgehead atoms. The number of methoxy groups -OCH3 is 1. The number of amides is 1. The molecule has 1 N–H and O–H groups in total. The Morgan fingerprint density at radius 2 is 1.82 bits per heavy atom. The second-order valence-corrected chi connectivity index (χ2v) is 6.56. The SMILES string of the molecule is COc1ccc(NC(=O)[C@@H](C)SCc2ccc(Cl)cc2)cc1. The predicted molar refractivity (Wildman–Crippen MR) is 93.8 cm³/mol. The van der Waals surface area contributed by atoms with Crippen molar-refractivity contribution in [2.45, 2.75) is 17.9 Å². The van der Waals surface area contributed by atoms with Gasteiger partial charge < -0.3 is 10.1 Å². The molecular formula is C17H18ClNO2S. The minimum atomic E-state index is -0.141. The summed E-state index contributed by atoms with van der Waals surface area (Å²) in [5.74, 6) is 1.53. The second-order valence-electron chi connectivity index (χ2n) is 4.80. The fourth-order valence-electron chi connectivity index (χ4n) is 1.80. The summed E-state index contributed by atoms with van der Waals surface area (Å²) in [6.07, 6.45) is 0. The molecule has 3 nitrogen and oxygen atoms in total. The summed E-state index contributed by atoms with van der Waals surface area (Å²) in [5.41, 5.74) is 1.92. The maximum Gasteiger partial charge on any atom is 0.237 e. The molecule has 1 amide bonds. The van der Waals surface area contributed by atoms with Gasteiger partial charge >= 0.3 is 0 Å². The minimum absolute atomic E-state index is 0.0101. The van der Waals surface area contributed by atoms with E-state index in [0.717, 1.165) is 27.8 Å². The van der Waals surface area contributed by atoms with Gasteiger partial charge in [-0.1, -0.05) is 23.7 Å². The van der Waals surface area contributed by atoms with Crippen LogP contribution < -0.4 is 10.1 Å². The van der Waals surface area contributed by atoms with E-state index in [1.54, 1.807) is 18.9 Å². The maximum atomic E-state index is 12.2. The summed E-state index contributed by atoms with van der Waals surface area (Å²) in [7, 11) is 1.61. The smallest absolute Gasteiger partial charge is 0.237 e. The van der Waals surface area contributed by atoms with Crippen molar-refractivity contribution in [3.63, 3.8) is 0 Å². The van der Waals surface area contributed by atoms with E-state index in [0.29, 0.717) is 0 Å². The molecule has 0 saturated carbocycles. The third-order valence-corrected chi connectivity index (χ3v) is 4.61. The van der Waals surface area contributed by atoms with Crippen LogP contribution in [0.4, 0.5) is 5.69 Å². The van der Waals surface area contributed by atoms with Crippen molar-refractivity contribution in [3.8, 4) is 5.75 Å². The van der Waals surface area contributed by atoms with Crippen LogP contribution in [0, 0.1) is 0 Å². The summed E-state index contributed by atoms with van der Waals surface area (Å²) in [6.45, 7) is 1.90. The van der Waals surface area contributed by atoms with E-state index in [4.69, 9.17) is 16.3 Å². The zero-order valence-electron chi connectivity index (χ0n) is 12.5. The Kier molecular flexibility index (Phi) is 6.16. The molecular weight excluding hydrogens is 318 g/mol. The molecule has 0 unspecified atom stereocenters. The van der Waals surface area contributed by atoms with E-state index in [9.17, 15) is 4.79 Å². The van der Waals surface area contributed by atoms with Crippen LogP contribution >= 0.6 is 23.4 Å². The quantitative estimate of drug-likeness (QED) is 0.837. The third kappa shape index (κ3) is 4.97. The van der Waals surface area contributed by atoms with Crippen molar-refractivity contribution in [1.29, 1.82) is 0 Å². The van der Waals surface area contributed by atoms with E-state index in [1.165, 1.54) is 0 Å². The second kappa shape index (κ2) is 8.11. The molecule has 0 heterocycles. The molecule has 2 aromatic rings. The fraction of sp³-hybridized carbons (Fsp3) is 0.235. The van der Waals surface area contributed by atoms with Gasteiger partial charge in [0.25, 0.3) is 0 Å². The molecule has 22 heavy (non-hydrogen) atoms. The average Bonchev–Trinajstić information content (AvgIpc) is 2.54. The highest BCUT2D eigenvalue weighted by molar-refractivity contribution is 7.99. The van der Waals surface area contributed by atoms with Gasteiger partial charge in [0.1, 0.15) is 5.75 Å². The summed E-state index contributed by atoms with van der Waals surface area (Å²) in [5, 5.41) is 3.48. The number of carbonyl (C=O) groups excluding carboxylic acids is 1. The topological polar surface area (TPSA) is 38.3 Å². The molecule has 0 radical (unpaired) electrons. The van der Waals surface area contributed by atoms with E-state index in [-0.39, 0.29) is 11.2 Å². The standard InChI is InChI=1S/C17H18ClNO2S/c1-12(22-11-13-3-5-14(18)6-4-13)17(20)19-15-7-9-16(21-2)10-8-15/h3-10,12H,11H2,1-2H3,(H,19,20)/t12-/m1/s1. The van der Waals surface area contributed by atoms with Crippen LogP contribution in [0.2, 0.25) is 5.02 Å². The number of carbonyl (C=O) groups is 1. The van der Waals surface area contributed by atoms with Crippen LogP contribution in [0.3, 0.4) is 0 Å². The molecule has 0 aliphatic carbocycles. The summed E-state index contributed by atoms with van der Waals surface area (Å²) >= 11 is 7.45. The summed E-state index contributed by atoms with van der Waals surface area (Å²) in [6, 6.07) is 15.0. The first-order chi connectivity index (χ1) is 10.6. The lowest BCUT2D eigenvalue weighted by Crippen LogP contribution is -2.22. The number of ether oxygens (including phenoxy) is 1. The minimum Gasteiger partial charge on any atom is -0.497 e. The van der Waals surface area contributed by atoms with E-state index in [1.807, 2.05) is 55.5 Å². The normalized spacial score (nSPS) is 11.8. The van der Waals surface area contributed by atoms with Crippen LogP contribution in [0.5, 0.6) is 5.75 Å². The largest absolute Gasteiger partial charge is 0.497 e. The van der Waals surface area contributed by atoms with Gasteiger partial charge in [-0.15, -0.1) is 11.8 Å². The van der Waals surface area contributed by atoms with Crippen molar-refractivity contribution in [2.75, 3.05) is 12.4 Å². The van der Waals surface area contributed by atoms with Gasteiger partial charge in [-0.05, 0) is 48.9 Å². The van der Waals surface area contributed by atoms with Gasteiger partial charge in [-0.3, -0.25) is 4.79 Å². The third-order valence-electron chi connectivity index (χ3n) is 3.14. The number of nitrogens with one attached hydrogen (secondary N) is 1. The molecule has 2 aromatic carbocycles. The van der Waals surface area contributed by atoms with Crippen LogP contribution in [0.1, 0.15) is 12.5 Å². The van der Waals surface area contributed by atoms with Gasteiger partial charge in [0.2, 0.25) is 5.91 Å². The number of benzene rings is 2. The summed E-state index contributed by atoms with van der Waals surface area (Å²) < 4.78 is 5.09. The van der Waals surface area contributed by atoms with Gasteiger partial charge in [0.05, 0.1) is 12.4 Å². The molecule has 0 aliphatic rings. The number of halogens is 1. The molecule has 0 fully saturated rings. The number of thioether (sulfide) groups is 1. The molecule has 2 rings (SSSR count). The van der Waals surface area contributed by atoms with Crippen LogP contribution in [0.25, 0.3) is 0 Å². The number of rotatable bonds is 6. The molecule has 0 spiro atoms. The van der Waals surface area contributed by atoms with Crippen molar-refractivity contribution in [2.24, 2.45) is 0 Å². The van der Waals surface area contributed by atoms with Gasteiger partial charge in [-0.25, -0.2) is 0 Å². The van der Waals surface area contributed by atoms with Crippen LogP contribution in [0.15, 0.2) is 48.5 Å². The first-order valence-electron chi connectivity index (χ1n) is 6.89. The van der Waals surface area contributed by atoms with E-state index in [2.05, 4.69) is 5.32 Å². The lowest BCUT2D eigenvalue weighted by atomic mass is 10.2. The zero-order chi connectivity index (χ0) is 15.9. The van der Waals surface area contributed by atoms with Gasteiger partial charge in [0.15, 0.2) is 0 Å². The predicted octanol–water partition coefficient (Wildman–Crippen LogP) is 4.61. The van der Waals surface area contributed by atoms with Gasteiger partial charge in [-0.2, -0.15) is 0 Å². The molecule has 0 aliphatic heterocycles. The van der Waals surface area contributed by atoms with Crippen molar-refractivity contribution in [3.05, 3.63) is 59.1 Å².